The second-order valence-electron chi connectivity index (χ2n) is 4.37. The highest BCUT2D eigenvalue weighted by atomic mass is 16.1. The molecule has 0 bridgehead atoms. The van der Waals surface area contributed by atoms with Gasteiger partial charge in [0.15, 0.2) is 0 Å². The Morgan fingerprint density at radius 2 is 2.19 bits per heavy atom. The number of nitrogens with zero attached hydrogens (tertiary/aromatic N) is 2. The third-order valence-electron chi connectivity index (χ3n) is 3.01. The van der Waals surface area contributed by atoms with Gasteiger partial charge in [-0.25, -0.2) is 0 Å². The van der Waals surface area contributed by atoms with E-state index in [1.165, 1.54) is 25.9 Å². The fraction of sp³-hybridized carbons (Fsp3) is 0.583. The molecule has 1 fully saturated rings. The number of nitrogens with one attached hydrogen (secondary N) is 1. The van der Waals surface area contributed by atoms with Crippen LogP contribution in [0.15, 0.2) is 18.5 Å². The lowest BCUT2D eigenvalue weighted by molar-refractivity contribution is 0.0950. The van der Waals surface area contributed by atoms with Gasteiger partial charge in [0.25, 0.3) is 5.91 Å². The van der Waals surface area contributed by atoms with Crippen LogP contribution < -0.4 is 5.32 Å². The van der Waals surface area contributed by atoms with E-state index in [4.69, 9.17) is 0 Å². The molecular formula is C12H19N3O. The van der Waals surface area contributed by atoms with E-state index in [-0.39, 0.29) is 5.91 Å². The minimum absolute atomic E-state index is 0.0276. The van der Waals surface area contributed by atoms with E-state index in [2.05, 4.69) is 10.2 Å². The molecule has 1 aromatic heterocycles. The first-order valence-electron chi connectivity index (χ1n) is 5.88. The minimum atomic E-state index is 0.0276. The number of carbonyl (C=O) groups excluding carboxylic acids is 1. The lowest BCUT2D eigenvalue weighted by Gasteiger charge is -2.14. The van der Waals surface area contributed by atoms with E-state index in [0.29, 0.717) is 0 Å². The first kappa shape index (κ1) is 11.2. The molecule has 1 aliphatic rings. The van der Waals surface area contributed by atoms with Crippen LogP contribution in [0.1, 0.15) is 23.2 Å². The van der Waals surface area contributed by atoms with E-state index in [0.717, 1.165) is 18.7 Å². The summed E-state index contributed by atoms with van der Waals surface area (Å²) in [4.78, 5) is 14.1. The van der Waals surface area contributed by atoms with Crippen LogP contribution in [0.2, 0.25) is 0 Å². The van der Waals surface area contributed by atoms with Crippen molar-refractivity contribution in [3.8, 4) is 0 Å². The standard InChI is InChI=1S/C12H19N3O/c1-14-8-4-11(10-14)12(16)13-5-9-15-6-2-3-7-15/h4,8,10H,2-3,5-7,9H2,1H3,(H,13,16). The van der Waals surface area contributed by atoms with Crippen LogP contribution >= 0.6 is 0 Å². The van der Waals surface area contributed by atoms with Gasteiger partial charge in [0.1, 0.15) is 0 Å². The Morgan fingerprint density at radius 1 is 1.44 bits per heavy atom. The Morgan fingerprint density at radius 3 is 2.81 bits per heavy atom. The maximum Gasteiger partial charge on any atom is 0.252 e. The molecule has 0 aromatic carbocycles. The number of rotatable bonds is 4. The zero-order valence-corrected chi connectivity index (χ0v) is 9.78. The summed E-state index contributed by atoms with van der Waals surface area (Å²) in [5.74, 6) is 0.0276. The lowest BCUT2D eigenvalue weighted by atomic mass is 10.3. The van der Waals surface area contributed by atoms with Gasteiger partial charge in [-0.1, -0.05) is 0 Å². The molecule has 1 N–H and O–H groups in total. The summed E-state index contributed by atoms with van der Waals surface area (Å²) in [6.45, 7) is 4.08. The quantitative estimate of drug-likeness (QED) is 0.818. The van der Waals surface area contributed by atoms with Crippen molar-refractivity contribution in [2.24, 2.45) is 7.05 Å². The van der Waals surface area contributed by atoms with Crippen molar-refractivity contribution < 1.29 is 4.79 Å². The molecule has 2 heterocycles. The molecule has 16 heavy (non-hydrogen) atoms. The van der Waals surface area contributed by atoms with Gasteiger partial charge >= 0.3 is 0 Å². The van der Waals surface area contributed by atoms with Gasteiger partial charge in [0.05, 0.1) is 5.56 Å². The molecule has 1 saturated heterocycles. The Bertz CT molecular complexity index is 353. The normalized spacial score (nSPS) is 16.6. The minimum Gasteiger partial charge on any atom is -0.356 e. The number of likely N-dealkylation sites (tertiary alicyclic amines) is 1. The van der Waals surface area contributed by atoms with Gasteiger partial charge in [-0.15, -0.1) is 0 Å². The van der Waals surface area contributed by atoms with E-state index < -0.39 is 0 Å². The SMILES string of the molecule is Cn1ccc(C(=O)NCCN2CCCC2)c1. The number of aryl methyl sites for hydroxylation is 1. The van der Waals surface area contributed by atoms with Gasteiger partial charge in [0, 0.05) is 32.5 Å². The van der Waals surface area contributed by atoms with Gasteiger partial charge in [-0.3, -0.25) is 4.79 Å². The van der Waals surface area contributed by atoms with E-state index in [1.54, 1.807) is 0 Å². The van der Waals surface area contributed by atoms with Crippen molar-refractivity contribution in [1.82, 2.24) is 14.8 Å². The van der Waals surface area contributed by atoms with Crippen LogP contribution in [-0.4, -0.2) is 41.6 Å². The van der Waals surface area contributed by atoms with Gasteiger partial charge in [-0.2, -0.15) is 0 Å². The van der Waals surface area contributed by atoms with E-state index >= 15 is 0 Å². The predicted molar refractivity (Wildman–Crippen MR) is 63.4 cm³/mol. The first-order valence-corrected chi connectivity index (χ1v) is 5.88. The molecule has 0 aliphatic carbocycles. The van der Waals surface area contributed by atoms with Crippen LogP contribution in [0.25, 0.3) is 0 Å². The largest absolute Gasteiger partial charge is 0.356 e. The Balaban J connectivity index is 1.71. The van der Waals surface area contributed by atoms with Gasteiger partial charge in [0.2, 0.25) is 0 Å². The van der Waals surface area contributed by atoms with Crippen molar-refractivity contribution >= 4 is 5.91 Å². The molecule has 0 spiro atoms. The summed E-state index contributed by atoms with van der Waals surface area (Å²) >= 11 is 0. The molecule has 0 saturated carbocycles. The summed E-state index contributed by atoms with van der Waals surface area (Å²) in [7, 11) is 1.92. The third kappa shape index (κ3) is 2.85. The molecule has 1 aliphatic heterocycles. The molecule has 1 aromatic rings. The highest BCUT2D eigenvalue weighted by Gasteiger charge is 2.11. The van der Waals surface area contributed by atoms with Gasteiger partial charge in [-0.05, 0) is 32.0 Å². The number of hydrogen-bond donors (Lipinski definition) is 1. The number of aromatic nitrogens is 1. The summed E-state index contributed by atoms with van der Waals surface area (Å²) in [6, 6.07) is 1.84. The second-order valence-corrected chi connectivity index (χ2v) is 4.37. The van der Waals surface area contributed by atoms with Crippen LogP contribution in [0.3, 0.4) is 0 Å². The second kappa shape index (κ2) is 5.16. The Kier molecular flexibility index (Phi) is 3.62. The summed E-state index contributed by atoms with van der Waals surface area (Å²) in [5, 5.41) is 2.95. The molecule has 0 radical (unpaired) electrons. The fourth-order valence-electron chi connectivity index (χ4n) is 2.07. The van der Waals surface area contributed by atoms with Crippen LogP contribution in [0, 0.1) is 0 Å². The third-order valence-corrected chi connectivity index (χ3v) is 3.01. The number of hydrogen-bond acceptors (Lipinski definition) is 2. The van der Waals surface area contributed by atoms with Crippen LogP contribution in [0.4, 0.5) is 0 Å². The molecule has 0 unspecified atom stereocenters. The van der Waals surface area contributed by atoms with Crippen LogP contribution in [-0.2, 0) is 7.05 Å². The zero-order valence-electron chi connectivity index (χ0n) is 9.78. The van der Waals surface area contributed by atoms with Crippen LogP contribution in [0.5, 0.6) is 0 Å². The average Bonchev–Trinajstić information content (AvgIpc) is 2.89. The van der Waals surface area contributed by atoms with Crippen molar-refractivity contribution in [2.45, 2.75) is 12.8 Å². The number of amides is 1. The highest BCUT2D eigenvalue weighted by Crippen LogP contribution is 2.05. The molecule has 4 heteroatoms. The van der Waals surface area contributed by atoms with Gasteiger partial charge < -0.3 is 14.8 Å². The smallest absolute Gasteiger partial charge is 0.252 e. The average molecular weight is 221 g/mol. The zero-order chi connectivity index (χ0) is 11.4. The number of carbonyl (C=O) groups is 1. The fourth-order valence-corrected chi connectivity index (χ4v) is 2.07. The topological polar surface area (TPSA) is 37.3 Å². The Labute approximate surface area is 96.2 Å². The van der Waals surface area contributed by atoms with Crippen molar-refractivity contribution in [2.75, 3.05) is 26.2 Å². The summed E-state index contributed by atoms with van der Waals surface area (Å²) in [6.07, 6.45) is 6.32. The summed E-state index contributed by atoms with van der Waals surface area (Å²) in [5.41, 5.74) is 0.740. The lowest BCUT2D eigenvalue weighted by Crippen LogP contribution is -2.33. The van der Waals surface area contributed by atoms with Crippen molar-refractivity contribution in [1.29, 1.82) is 0 Å². The monoisotopic (exact) mass is 221 g/mol. The maximum atomic E-state index is 11.7. The first-order chi connectivity index (χ1) is 7.75. The van der Waals surface area contributed by atoms with Crippen molar-refractivity contribution in [3.63, 3.8) is 0 Å². The highest BCUT2D eigenvalue weighted by molar-refractivity contribution is 5.93. The molecule has 88 valence electrons. The Hall–Kier alpha value is -1.29. The molecule has 1 amide bonds. The predicted octanol–water partition coefficient (Wildman–Crippen LogP) is 0.851. The van der Waals surface area contributed by atoms with Crippen molar-refractivity contribution in [3.05, 3.63) is 24.0 Å². The molecule has 0 atom stereocenters. The van der Waals surface area contributed by atoms with E-state index in [9.17, 15) is 4.79 Å². The molecule has 4 nitrogen and oxygen atoms in total. The van der Waals surface area contributed by atoms with E-state index in [1.807, 2.05) is 30.1 Å². The molecule has 2 rings (SSSR count). The maximum absolute atomic E-state index is 11.7. The molecular weight excluding hydrogens is 202 g/mol. The summed E-state index contributed by atoms with van der Waals surface area (Å²) < 4.78 is 1.88.